The number of H-pyrrole nitrogens is 1. The summed E-state index contributed by atoms with van der Waals surface area (Å²) in [7, 11) is 0. The number of benzene rings is 1. The molecule has 1 saturated heterocycles. The van der Waals surface area contributed by atoms with Crippen molar-refractivity contribution in [2.75, 3.05) is 13.1 Å². The van der Waals surface area contributed by atoms with Crippen LogP contribution in [0.5, 0.6) is 0 Å². The zero-order valence-corrected chi connectivity index (χ0v) is 14.7. The highest BCUT2D eigenvalue weighted by atomic mass is 19.1. The molecule has 0 saturated carbocycles. The van der Waals surface area contributed by atoms with E-state index in [2.05, 4.69) is 40.3 Å². The largest absolute Gasteiger partial charge is 0.337 e. The Morgan fingerprint density at radius 3 is 2.77 bits per heavy atom. The lowest BCUT2D eigenvalue weighted by atomic mass is 9.91. The molecule has 134 valence electrons. The second kappa shape index (κ2) is 6.86. The fourth-order valence-electron chi connectivity index (χ4n) is 3.75. The first kappa shape index (κ1) is 16.7. The molecule has 3 heterocycles. The highest BCUT2D eigenvalue weighted by molar-refractivity contribution is 5.92. The summed E-state index contributed by atoms with van der Waals surface area (Å²) < 4.78 is 13.0. The summed E-state index contributed by atoms with van der Waals surface area (Å²) in [5.74, 6) is -0.207. The number of hydrogen-bond donors (Lipinski definition) is 1. The SMILES string of the molecule is CCc1cccc2c(C3CCN(C(=O)c4ccc(F)cn4)CC3)[nH]nc12. The van der Waals surface area contributed by atoms with Gasteiger partial charge in [0.1, 0.15) is 11.5 Å². The van der Waals surface area contributed by atoms with Crippen LogP contribution in [0.1, 0.15) is 47.4 Å². The van der Waals surface area contributed by atoms with Gasteiger partial charge in [0.2, 0.25) is 0 Å². The average Bonchev–Trinajstić information content (AvgIpc) is 3.12. The number of aryl methyl sites for hydroxylation is 1. The first-order valence-corrected chi connectivity index (χ1v) is 9.04. The van der Waals surface area contributed by atoms with Crippen LogP contribution in [0.4, 0.5) is 4.39 Å². The van der Waals surface area contributed by atoms with Crippen LogP contribution in [0.3, 0.4) is 0 Å². The summed E-state index contributed by atoms with van der Waals surface area (Å²) in [5, 5.41) is 8.95. The van der Waals surface area contributed by atoms with Crippen LogP contribution in [0.15, 0.2) is 36.5 Å². The normalized spacial score (nSPS) is 15.5. The van der Waals surface area contributed by atoms with E-state index < -0.39 is 5.82 Å². The summed E-state index contributed by atoms with van der Waals surface area (Å²) >= 11 is 0. The summed E-state index contributed by atoms with van der Waals surface area (Å²) in [5.41, 5.74) is 3.77. The first-order valence-electron chi connectivity index (χ1n) is 9.04. The van der Waals surface area contributed by atoms with Crippen molar-refractivity contribution in [3.05, 3.63) is 59.3 Å². The molecule has 1 amide bonds. The van der Waals surface area contributed by atoms with E-state index in [-0.39, 0.29) is 5.91 Å². The van der Waals surface area contributed by atoms with Crippen LogP contribution in [0, 0.1) is 5.82 Å². The fraction of sp³-hybridized carbons (Fsp3) is 0.350. The zero-order valence-electron chi connectivity index (χ0n) is 14.7. The van der Waals surface area contributed by atoms with E-state index in [1.54, 1.807) is 4.90 Å². The highest BCUT2D eigenvalue weighted by Crippen LogP contribution is 2.32. The van der Waals surface area contributed by atoms with Gasteiger partial charge in [-0.15, -0.1) is 0 Å². The number of nitrogens with zero attached hydrogens (tertiary/aromatic N) is 3. The van der Waals surface area contributed by atoms with E-state index in [9.17, 15) is 9.18 Å². The highest BCUT2D eigenvalue weighted by Gasteiger charge is 2.27. The number of carbonyl (C=O) groups excluding carboxylic acids is 1. The summed E-state index contributed by atoms with van der Waals surface area (Å²) in [4.78, 5) is 18.2. The Bertz CT molecular complexity index is 927. The predicted molar refractivity (Wildman–Crippen MR) is 97.5 cm³/mol. The lowest BCUT2D eigenvalue weighted by Crippen LogP contribution is -2.38. The molecule has 1 aromatic carbocycles. The van der Waals surface area contributed by atoms with Crippen molar-refractivity contribution < 1.29 is 9.18 Å². The van der Waals surface area contributed by atoms with E-state index in [1.807, 2.05) is 0 Å². The summed E-state index contributed by atoms with van der Waals surface area (Å²) in [6, 6.07) is 9.03. The lowest BCUT2D eigenvalue weighted by molar-refractivity contribution is 0.0706. The number of aromatic nitrogens is 3. The van der Waals surface area contributed by atoms with Crippen molar-refractivity contribution in [1.82, 2.24) is 20.1 Å². The molecule has 3 aromatic rings. The number of rotatable bonds is 3. The maximum Gasteiger partial charge on any atom is 0.272 e. The number of fused-ring (bicyclic) bond motifs is 1. The van der Waals surface area contributed by atoms with E-state index in [0.717, 1.165) is 31.0 Å². The minimum absolute atomic E-state index is 0.133. The number of nitrogens with one attached hydrogen (secondary N) is 1. The Morgan fingerprint density at radius 2 is 2.08 bits per heavy atom. The molecule has 0 atom stereocenters. The Kier molecular flexibility index (Phi) is 4.41. The third-order valence-electron chi connectivity index (χ3n) is 5.22. The number of pyridine rings is 1. The van der Waals surface area contributed by atoms with Gasteiger partial charge in [-0.1, -0.05) is 25.1 Å². The minimum Gasteiger partial charge on any atom is -0.337 e. The molecule has 2 aromatic heterocycles. The molecule has 0 spiro atoms. The smallest absolute Gasteiger partial charge is 0.272 e. The first-order chi connectivity index (χ1) is 12.7. The number of amides is 1. The standard InChI is InChI=1S/C20H21FN4O/c1-2-13-4-3-5-16-18(13)23-24-19(16)14-8-10-25(11-9-14)20(26)17-7-6-15(21)12-22-17/h3-7,12,14H,2,8-11H2,1H3,(H,23,24). The molecule has 4 rings (SSSR count). The number of hydrogen-bond acceptors (Lipinski definition) is 3. The number of likely N-dealkylation sites (tertiary alicyclic amines) is 1. The van der Waals surface area contributed by atoms with Gasteiger partial charge in [-0.25, -0.2) is 9.37 Å². The van der Waals surface area contributed by atoms with Crippen LogP contribution >= 0.6 is 0 Å². The van der Waals surface area contributed by atoms with Crippen LogP contribution in [-0.4, -0.2) is 39.1 Å². The van der Waals surface area contributed by atoms with Crippen molar-refractivity contribution >= 4 is 16.8 Å². The third-order valence-corrected chi connectivity index (χ3v) is 5.22. The van der Waals surface area contributed by atoms with Gasteiger partial charge in [0, 0.05) is 30.1 Å². The monoisotopic (exact) mass is 352 g/mol. The molecule has 1 aliphatic rings. The Balaban J connectivity index is 1.49. The minimum atomic E-state index is -0.433. The fourth-order valence-corrected chi connectivity index (χ4v) is 3.75. The molecule has 0 unspecified atom stereocenters. The number of piperidine rings is 1. The zero-order chi connectivity index (χ0) is 18.1. The topological polar surface area (TPSA) is 61.9 Å². The maximum absolute atomic E-state index is 13.0. The van der Waals surface area contributed by atoms with Crippen molar-refractivity contribution in [2.45, 2.75) is 32.1 Å². The van der Waals surface area contributed by atoms with Gasteiger partial charge in [0.05, 0.1) is 11.7 Å². The van der Waals surface area contributed by atoms with Gasteiger partial charge in [0.15, 0.2) is 0 Å². The van der Waals surface area contributed by atoms with Crippen LogP contribution in [-0.2, 0) is 6.42 Å². The van der Waals surface area contributed by atoms with E-state index >= 15 is 0 Å². The molecule has 1 N–H and O–H groups in total. The van der Waals surface area contributed by atoms with Gasteiger partial charge in [0.25, 0.3) is 5.91 Å². The van der Waals surface area contributed by atoms with Gasteiger partial charge in [-0.2, -0.15) is 5.10 Å². The molecule has 0 radical (unpaired) electrons. The maximum atomic E-state index is 13.0. The summed E-state index contributed by atoms with van der Waals surface area (Å²) in [6.07, 6.45) is 3.79. The predicted octanol–water partition coefficient (Wildman–Crippen LogP) is 3.68. The molecule has 0 aliphatic carbocycles. The van der Waals surface area contributed by atoms with Gasteiger partial charge < -0.3 is 4.90 Å². The number of para-hydroxylation sites is 1. The molecule has 26 heavy (non-hydrogen) atoms. The van der Waals surface area contributed by atoms with E-state index in [1.165, 1.54) is 28.8 Å². The van der Waals surface area contributed by atoms with Crippen molar-refractivity contribution in [3.63, 3.8) is 0 Å². The molecular weight excluding hydrogens is 331 g/mol. The molecule has 0 bridgehead atoms. The lowest BCUT2D eigenvalue weighted by Gasteiger charge is -2.31. The number of aromatic amines is 1. The molecule has 5 nitrogen and oxygen atoms in total. The Labute approximate surface area is 151 Å². The molecule has 1 fully saturated rings. The third kappa shape index (κ3) is 2.96. The Hall–Kier alpha value is -2.76. The number of carbonyl (C=O) groups is 1. The van der Waals surface area contributed by atoms with Crippen molar-refractivity contribution in [3.8, 4) is 0 Å². The van der Waals surface area contributed by atoms with Gasteiger partial charge in [-0.05, 0) is 37.0 Å². The molecule has 1 aliphatic heterocycles. The average molecular weight is 352 g/mol. The summed E-state index contributed by atoms with van der Waals surface area (Å²) in [6.45, 7) is 3.46. The molecule has 6 heteroatoms. The van der Waals surface area contributed by atoms with E-state index in [0.29, 0.717) is 24.7 Å². The van der Waals surface area contributed by atoms with Gasteiger partial charge >= 0.3 is 0 Å². The van der Waals surface area contributed by atoms with Crippen LogP contribution in [0.25, 0.3) is 10.9 Å². The molecular formula is C20H21FN4O. The van der Waals surface area contributed by atoms with Crippen molar-refractivity contribution in [1.29, 1.82) is 0 Å². The second-order valence-corrected chi connectivity index (χ2v) is 6.73. The Morgan fingerprint density at radius 1 is 1.27 bits per heavy atom. The quantitative estimate of drug-likeness (QED) is 0.782. The van der Waals surface area contributed by atoms with Crippen LogP contribution in [0.2, 0.25) is 0 Å². The van der Waals surface area contributed by atoms with Gasteiger partial charge in [-0.3, -0.25) is 9.89 Å². The van der Waals surface area contributed by atoms with E-state index in [4.69, 9.17) is 0 Å². The van der Waals surface area contributed by atoms with Crippen molar-refractivity contribution in [2.24, 2.45) is 0 Å². The second-order valence-electron chi connectivity index (χ2n) is 6.73. The number of halogens is 1. The van der Waals surface area contributed by atoms with Crippen LogP contribution < -0.4 is 0 Å².